The van der Waals surface area contributed by atoms with Crippen molar-refractivity contribution in [3.8, 4) is 5.69 Å². The van der Waals surface area contributed by atoms with Gasteiger partial charge in [-0.3, -0.25) is 9.47 Å². The number of halogens is 1. The minimum absolute atomic E-state index is 0.208. The van der Waals surface area contributed by atoms with Crippen LogP contribution in [0.25, 0.3) is 16.5 Å². The van der Waals surface area contributed by atoms with Crippen LogP contribution in [0.4, 0.5) is 4.79 Å². The lowest BCUT2D eigenvalue weighted by Gasteiger charge is -2.29. The second-order valence-corrected chi connectivity index (χ2v) is 9.77. The summed E-state index contributed by atoms with van der Waals surface area (Å²) in [6.45, 7) is 0.488. The summed E-state index contributed by atoms with van der Waals surface area (Å²) in [5.74, 6) is 2.41. The van der Waals surface area contributed by atoms with Crippen molar-refractivity contribution in [2.75, 3.05) is 0 Å². The van der Waals surface area contributed by atoms with Crippen LogP contribution in [0.3, 0.4) is 0 Å². The van der Waals surface area contributed by atoms with Gasteiger partial charge < -0.3 is 5.11 Å². The molecule has 2 heterocycles. The van der Waals surface area contributed by atoms with E-state index in [0.717, 1.165) is 42.8 Å². The molecule has 2 aliphatic rings. The highest BCUT2D eigenvalue weighted by atomic mass is 35.5. The Hall–Kier alpha value is -3.38. The molecule has 0 spiro atoms. The van der Waals surface area contributed by atoms with Gasteiger partial charge in [0.1, 0.15) is 5.82 Å². The third-order valence-electron chi connectivity index (χ3n) is 7.36. The fraction of sp³-hybridized carbons (Fsp3) is 0.296. The zero-order chi connectivity index (χ0) is 23.2. The lowest BCUT2D eigenvalue weighted by molar-refractivity contribution is 0.139. The molecule has 0 saturated heterocycles. The van der Waals surface area contributed by atoms with Gasteiger partial charge in [-0.05, 0) is 71.7 Å². The van der Waals surface area contributed by atoms with E-state index in [1.807, 2.05) is 18.2 Å². The van der Waals surface area contributed by atoms with E-state index in [0.29, 0.717) is 16.8 Å². The van der Waals surface area contributed by atoms with E-state index in [2.05, 4.69) is 57.2 Å². The molecule has 1 fully saturated rings. The molecule has 0 bridgehead atoms. The molecule has 1 aliphatic carbocycles. The first-order valence-corrected chi connectivity index (χ1v) is 12.1. The van der Waals surface area contributed by atoms with Gasteiger partial charge in [0.05, 0.1) is 18.8 Å². The van der Waals surface area contributed by atoms with E-state index in [-0.39, 0.29) is 19.0 Å². The number of nitrogens with zero attached hydrogens (tertiary/aromatic N) is 4. The van der Waals surface area contributed by atoms with E-state index >= 15 is 0 Å². The molecule has 3 aromatic carbocycles. The average Bonchev–Trinajstić information content (AvgIpc) is 3.19. The van der Waals surface area contributed by atoms with E-state index in [9.17, 15) is 9.90 Å². The standard InChI is InChI=1S/C27H25ClN4O2/c28-21-12-13-24-20(14-21)15-31(27(33)34)16-25-29-30-26(32(24)25)19-10-8-18(9-11-19)23-7-3-5-17-4-1-2-6-22(17)23/h1-7,12-14,18-19H,8-11,15-16H2,(H,33,34). The topological polar surface area (TPSA) is 71.2 Å². The van der Waals surface area contributed by atoms with Crippen LogP contribution in [0.5, 0.6) is 0 Å². The molecule has 1 amide bonds. The van der Waals surface area contributed by atoms with Crippen LogP contribution in [-0.2, 0) is 13.1 Å². The number of hydrogen-bond donors (Lipinski definition) is 1. The van der Waals surface area contributed by atoms with Gasteiger partial charge in [0.15, 0.2) is 5.82 Å². The second kappa shape index (κ2) is 8.44. The van der Waals surface area contributed by atoms with Gasteiger partial charge in [-0.15, -0.1) is 10.2 Å². The number of fused-ring (bicyclic) bond motifs is 4. The SMILES string of the molecule is O=C(O)N1Cc2cc(Cl)ccc2-n2c(nnc2C2CCC(c3cccc4ccccc34)CC2)C1. The number of carbonyl (C=O) groups is 1. The number of benzene rings is 3. The maximum atomic E-state index is 11.8. The lowest BCUT2D eigenvalue weighted by atomic mass is 9.77. The predicted octanol–water partition coefficient (Wildman–Crippen LogP) is 6.51. The average molecular weight is 473 g/mol. The van der Waals surface area contributed by atoms with Gasteiger partial charge in [-0.2, -0.15) is 0 Å². The minimum Gasteiger partial charge on any atom is -0.465 e. The van der Waals surface area contributed by atoms with Gasteiger partial charge >= 0.3 is 6.09 Å². The van der Waals surface area contributed by atoms with Crippen molar-refractivity contribution in [2.24, 2.45) is 0 Å². The Morgan fingerprint density at radius 1 is 0.912 bits per heavy atom. The predicted molar refractivity (Wildman–Crippen MR) is 132 cm³/mol. The van der Waals surface area contributed by atoms with Crippen LogP contribution >= 0.6 is 11.6 Å². The molecule has 1 aromatic heterocycles. The van der Waals surface area contributed by atoms with Crippen LogP contribution in [0.15, 0.2) is 60.7 Å². The molecular weight excluding hydrogens is 448 g/mol. The molecule has 4 aromatic rings. The molecule has 172 valence electrons. The first kappa shape index (κ1) is 21.2. The molecule has 0 radical (unpaired) electrons. The number of rotatable bonds is 2. The quantitative estimate of drug-likeness (QED) is 0.361. The van der Waals surface area contributed by atoms with Crippen molar-refractivity contribution in [1.82, 2.24) is 19.7 Å². The minimum atomic E-state index is -0.973. The summed E-state index contributed by atoms with van der Waals surface area (Å²) in [5.41, 5.74) is 3.24. The third kappa shape index (κ3) is 3.62. The van der Waals surface area contributed by atoms with Crippen molar-refractivity contribution in [3.63, 3.8) is 0 Å². The molecule has 1 aliphatic heterocycles. The van der Waals surface area contributed by atoms with Gasteiger partial charge in [-0.25, -0.2) is 4.79 Å². The molecule has 1 saturated carbocycles. The fourth-order valence-corrected chi connectivity index (χ4v) is 5.89. The zero-order valence-corrected chi connectivity index (χ0v) is 19.4. The van der Waals surface area contributed by atoms with E-state index in [4.69, 9.17) is 11.6 Å². The highest BCUT2D eigenvalue weighted by Gasteiger charge is 2.32. The Morgan fingerprint density at radius 2 is 1.68 bits per heavy atom. The highest BCUT2D eigenvalue weighted by molar-refractivity contribution is 6.30. The van der Waals surface area contributed by atoms with Crippen LogP contribution in [-0.4, -0.2) is 30.9 Å². The number of hydrogen-bond acceptors (Lipinski definition) is 3. The summed E-state index contributed by atoms with van der Waals surface area (Å²) in [4.78, 5) is 13.2. The number of aromatic nitrogens is 3. The smallest absolute Gasteiger partial charge is 0.408 e. The molecule has 6 nitrogen and oxygen atoms in total. The van der Waals surface area contributed by atoms with Crippen LogP contribution in [0, 0.1) is 0 Å². The highest BCUT2D eigenvalue weighted by Crippen LogP contribution is 2.43. The summed E-state index contributed by atoms with van der Waals surface area (Å²) in [6.07, 6.45) is 3.26. The summed E-state index contributed by atoms with van der Waals surface area (Å²) in [5, 5.41) is 22.0. The lowest BCUT2D eigenvalue weighted by Crippen LogP contribution is -2.27. The van der Waals surface area contributed by atoms with Gasteiger partial charge in [0, 0.05) is 10.9 Å². The Bertz CT molecular complexity index is 1390. The molecule has 6 rings (SSSR count). The van der Waals surface area contributed by atoms with Crippen molar-refractivity contribution in [3.05, 3.63) is 88.5 Å². The monoisotopic (exact) mass is 472 g/mol. The van der Waals surface area contributed by atoms with E-state index in [1.54, 1.807) is 0 Å². The van der Waals surface area contributed by atoms with E-state index < -0.39 is 6.09 Å². The summed E-state index contributed by atoms with van der Waals surface area (Å²) in [6, 6.07) is 20.9. The maximum Gasteiger partial charge on any atom is 0.408 e. The van der Waals surface area contributed by atoms with Crippen LogP contribution in [0.2, 0.25) is 5.02 Å². The molecule has 7 heteroatoms. The molecule has 0 atom stereocenters. The van der Waals surface area contributed by atoms with Gasteiger partial charge in [0.2, 0.25) is 0 Å². The normalized spacial score (nSPS) is 20.0. The van der Waals surface area contributed by atoms with Crippen molar-refractivity contribution in [2.45, 2.75) is 50.6 Å². The molecule has 0 unspecified atom stereocenters. The zero-order valence-electron chi connectivity index (χ0n) is 18.7. The summed E-state index contributed by atoms with van der Waals surface area (Å²) in [7, 11) is 0. The van der Waals surface area contributed by atoms with Crippen molar-refractivity contribution < 1.29 is 9.90 Å². The van der Waals surface area contributed by atoms with Crippen molar-refractivity contribution in [1.29, 1.82) is 0 Å². The Labute approximate surface area is 202 Å². The Kier molecular flexibility index (Phi) is 5.26. The van der Waals surface area contributed by atoms with E-state index in [1.165, 1.54) is 21.2 Å². The molecule has 34 heavy (non-hydrogen) atoms. The third-order valence-corrected chi connectivity index (χ3v) is 7.59. The second-order valence-electron chi connectivity index (χ2n) is 9.34. The maximum absolute atomic E-state index is 11.8. The first-order valence-electron chi connectivity index (χ1n) is 11.8. The fourth-order valence-electron chi connectivity index (χ4n) is 5.70. The number of amides is 1. The van der Waals surface area contributed by atoms with Crippen LogP contribution < -0.4 is 0 Å². The summed E-state index contributed by atoms with van der Waals surface area (Å²) < 4.78 is 2.08. The number of carboxylic acid groups (broad SMARTS) is 1. The van der Waals surface area contributed by atoms with Gasteiger partial charge in [0.25, 0.3) is 0 Å². The molecule has 1 N–H and O–H groups in total. The first-order chi connectivity index (χ1) is 16.6. The Morgan fingerprint density at radius 3 is 2.50 bits per heavy atom. The summed E-state index contributed by atoms with van der Waals surface area (Å²) >= 11 is 6.26. The largest absolute Gasteiger partial charge is 0.465 e. The molecular formula is C27H25ClN4O2. The van der Waals surface area contributed by atoms with Crippen molar-refractivity contribution >= 4 is 28.5 Å². The Balaban J connectivity index is 1.32. The van der Waals surface area contributed by atoms with Gasteiger partial charge in [-0.1, -0.05) is 54.1 Å². The van der Waals surface area contributed by atoms with Crippen LogP contribution in [0.1, 0.15) is 60.3 Å².